The summed E-state index contributed by atoms with van der Waals surface area (Å²) in [6, 6.07) is 10.6. The number of piperidine rings is 1. The van der Waals surface area contributed by atoms with E-state index in [2.05, 4.69) is 15.1 Å². The Kier molecular flexibility index (Phi) is 3.73. The summed E-state index contributed by atoms with van der Waals surface area (Å²) in [7, 11) is 0. The molecule has 5 nitrogen and oxygen atoms in total. The zero-order valence-electron chi connectivity index (χ0n) is 12.6. The number of nitrogens with one attached hydrogen (secondary N) is 1. The Labute approximate surface area is 139 Å². The molecular formula is C17H18ClN3O2. The second-order valence-corrected chi connectivity index (χ2v) is 6.59. The minimum Gasteiger partial charge on any atom is -0.490 e. The van der Waals surface area contributed by atoms with Crippen molar-refractivity contribution in [2.45, 2.75) is 43.9 Å². The average molecular weight is 332 g/mol. The smallest absolute Gasteiger partial charge is 0.285 e. The predicted octanol–water partition coefficient (Wildman–Crippen LogP) is 3.00. The Morgan fingerprint density at radius 2 is 1.87 bits per heavy atom. The number of benzene rings is 1. The molecule has 0 aliphatic carbocycles. The first-order valence-electron chi connectivity index (χ1n) is 7.95. The first-order chi connectivity index (χ1) is 11.2. The molecule has 0 radical (unpaired) electrons. The van der Waals surface area contributed by atoms with Gasteiger partial charge in [-0.15, -0.1) is 0 Å². The highest BCUT2D eigenvalue weighted by Crippen LogP contribution is 2.41. The van der Waals surface area contributed by atoms with Crippen molar-refractivity contribution in [1.29, 1.82) is 0 Å². The van der Waals surface area contributed by atoms with Crippen molar-refractivity contribution in [1.82, 2.24) is 10.2 Å². The van der Waals surface area contributed by atoms with Crippen LogP contribution in [0.2, 0.25) is 5.02 Å². The quantitative estimate of drug-likeness (QED) is 0.939. The SMILES string of the molecule is O=c1[nH]ncc(N2C3CCC2CC(Oc2ccccc2)C3)c1Cl. The van der Waals surface area contributed by atoms with Gasteiger partial charge in [0.2, 0.25) is 0 Å². The minimum atomic E-state index is -0.328. The fraction of sp³-hybridized carbons (Fsp3) is 0.412. The molecule has 2 atom stereocenters. The summed E-state index contributed by atoms with van der Waals surface area (Å²) < 4.78 is 6.13. The van der Waals surface area contributed by atoms with E-state index in [0.29, 0.717) is 12.1 Å². The molecule has 0 saturated carbocycles. The Morgan fingerprint density at radius 3 is 2.57 bits per heavy atom. The largest absolute Gasteiger partial charge is 0.490 e. The molecule has 2 bridgehead atoms. The van der Waals surface area contributed by atoms with Gasteiger partial charge in [0.25, 0.3) is 5.56 Å². The van der Waals surface area contributed by atoms with Gasteiger partial charge in [-0.1, -0.05) is 29.8 Å². The lowest BCUT2D eigenvalue weighted by Crippen LogP contribution is -2.47. The number of hydrogen-bond donors (Lipinski definition) is 1. The molecule has 2 unspecified atom stereocenters. The minimum absolute atomic E-state index is 0.208. The number of fused-ring (bicyclic) bond motifs is 2. The zero-order valence-corrected chi connectivity index (χ0v) is 13.4. The number of rotatable bonds is 3. The first-order valence-corrected chi connectivity index (χ1v) is 8.33. The lowest BCUT2D eigenvalue weighted by molar-refractivity contribution is 0.150. The molecule has 23 heavy (non-hydrogen) atoms. The van der Waals surface area contributed by atoms with Crippen molar-refractivity contribution in [3.63, 3.8) is 0 Å². The average Bonchev–Trinajstić information content (AvgIpc) is 2.82. The molecule has 0 spiro atoms. The molecule has 0 amide bonds. The molecule has 1 aromatic carbocycles. The molecule has 2 saturated heterocycles. The predicted molar refractivity (Wildman–Crippen MR) is 89.2 cm³/mol. The van der Waals surface area contributed by atoms with Gasteiger partial charge in [0.05, 0.1) is 11.9 Å². The van der Waals surface area contributed by atoms with Gasteiger partial charge >= 0.3 is 0 Å². The van der Waals surface area contributed by atoms with Gasteiger partial charge in [-0.3, -0.25) is 4.79 Å². The van der Waals surface area contributed by atoms with E-state index in [-0.39, 0.29) is 16.7 Å². The highest BCUT2D eigenvalue weighted by Gasteiger charge is 2.42. The summed E-state index contributed by atoms with van der Waals surface area (Å²) in [5, 5.41) is 6.53. The van der Waals surface area contributed by atoms with Crippen LogP contribution in [-0.4, -0.2) is 28.4 Å². The Balaban J connectivity index is 1.54. The van der Waals surface area contributed by atoms with Gasteiger partial charge in [0.15, 0.2) is 0 Å². The molecule has 6 heteroatoms. The van der Waals surface area contributed by atoms with Gasteiger partial charge < -0.3 is 9.64 Å². The summed E-state index contributed by atoms with van der Waals surface area (Å²) >= 11 is 6.19. The van der Waals surface area contributed by atoms with Crippen LogP contribution in [0.25, 0.3) is 0 Å². The topological polar surface area (TPSA) is 58.2 Å². The molecule has 2 aromatic rings. The molecule has 120 valence electrons. The van der Waals surface area contributed by atoms with Crippen LogP contribution in [0.3, 0.4) is 0 Å². The Hall–Kier alpha value is -2.01. The van der Waals surface area contributed by atoms with Crippen molar-refractivity contribution in [3.8, 4) is 5.75 Å². The maximum Gasteiger partial charge on any atom is 0.285 e. The standard InChI is InChI=1S/C17H18ClN3O2/c18-16-15(10-19-20-17(16)22)21-11-6-7-12(21)9-14(8-11)23-13-4-2-1-3-5-13/h1-5,10-12,14H,6-9H2,(H,20,22). The van der Waals surface area contributed by atoms with Crippen molar-refractivity contribution < 1.29 is 4.74 Å². The summed E-state index contributed by atoms with van der Waals surface area (Å²) in [6.45, 7) is 0. The summed E-state index contributed by atoms with van der Waals surface area (Å²) in [4.78, 5) is 14.0. The van der Waals surface area contributed by atoms with Crippen LogP contribution in [0.15, 0.2) is 41.3 Å². The molecule has 2 aliphatic heterocycles. The number of ether oxygens (including phenoxy) is 1. The number of aromatic amines is 1. The summed E-state index contributed by atoms with van der Waals surface area (Å²) in [5.41, 5.74) is 0.423. The number of anilines is 1. The van der Waals surface area contributed by atoms with E-state index in [0.717, 1.165) is 37.1 Å². The van der Waals surface area contributed by atoms with Gasteiger partial charge in [-0.2, -0.15) is 5.10 Å². The van der Waals surface area contributed by atoms with Crippen molar-refractivity contribution >= 4 is 17.3 Å². The van der Waals surface area contributed by atoms with Crippen molar-refractivity contribution in [2.75, 3.05) is 4.90 Å². The van der Waals surface area contributed by atoms with E-state index >= 15 is 0 Å². The maximum atomic E-state index is 11.7. The first kappa shape index (κ1) is 14.6. The van der Waals surface area contributed by atoms with Crippen LogP contribution in [-0.2, 0) is 0 Å². The number of nitrogens with zero attached hydrogens (tertiary/aromatic N) is 2. The molecule has 1 N–H and O–H groups in total. The van der Waals surface area contributed by atoms with Crippen LogP contribution >= 0.6 is 11.6 Å². The molecule has 3 heterocycles. The molecule has 4 rings (SSSR count). The summed E-state index contributed by atoms with van der Waals surface area (Å²) in [6.07, 6.45) is 5.95. The number of halogens is 1. The van der Waals surface area contributed by atoms with Gasteiger partial charge in [-0.25, -0.2) is 5.10 Å². The van der Waals surface area contributed by atoms with E-state index < -0.39 is 0 Å². The second-order valence-electron chi connectivity index (χ2n) is 6.21. The van der Waals surface area contributed by atoms with Gasteiger partial charge in [0.1, 0.15) is 16.9 Å². The maximum absolute atomic E-state index is 11.7. The lowest BCUT2D eigenvalue weighted by atomic mass is 9.99. The Bertz CT molecular complexity index is 735. The zero-order chi connectivity index (χ0) is 15.8. The van der Waals surface area contributed by atoms with Gasteiger partial charge in [-0.05, 0) is 25.0 Å². The van der Waals surface area contributed by atoms with E-state index in [9.17, 15) is 4.79 Å². The third-order valence-electron chi connectivity index (χ3n) is 4.79. The lowest BCUT2D eigenvalue weighted by Gasteiger charge is -2.40. The van der Waals surface area contributed by atoms with Gasteiger partial charge in [0, 0.05) is 24.9 Å². The van der Waals surface area contributed by atoms with Crippen LogP contribution in [0.5, 0.6) is 5.75 Å². The number of H-pyrrole nitrogens is 1. The van der Waals surface area contributed by atoms with E-state index in [1.807, 2.05) is 30.3 Å². The summed E-state index contributed by atoms with van der Waals surface area (Å²) in [5.74, 6) is 0.918. The third-order valence-corrected chi connectivity index (χ3v) is 5.16. The van der Waals surface area contributed by atoms with E-state index in [1.165, 1.54) is 0 Å². The molecule has 2 fully saturated rings. The van der Waals surface area contributed by atoms with Crippen molar-refractivity contribution in [2.24, 2.45) is 0 Å². The van der Waals surface area contributed by atoms with Crippen molar-refractivity contribution in [3.05, 3.63) is 51.9 Å². The number of aromatic nitrogens is 2. The molecule has 2 aliphatic rings. The van der Waals surface area contributed by atoms with Crippen LogP contribution in [0.1, 0.15) is 25.7 Å². The highest BCUT2D eigenvalue weighted by molar-refractivity contribution is 6.33. The number of para-hydroxylation sites is 1. The van der Waals surface area contributed by atoms with E-state index in [4.69, 9.17) is 16.3 Å². The van der Waals surface area contributed by atoms with Crippen LogP contribution in [0, 0.1) is 0 Å². The monoisotopic (exact) mass is 331 g/mol. The fourth-order valence-corrected chi connectivity index (χ4v) is 4.05. The fourth-order valence-electron chi connectivity index (χ4n) is 3.86. The molecule has 1 aromatic heterocycles. The second kappa shape index (κ2) is 5.89. The number of hydrogen-bond acceptors (Lipinski definition) is 4. The van der Waals surface area contributed by atoms with E-state index in [1.54, 1.807) is 6.20 Å². The normalized spacial score (nSPS) is 26.3. The van der Waals surface area contributed by atoms with Crippen LogP contribution < -0.4 is 15.2 Å². The molecular weight excluding hydrogens is 314 g/mol. The third kappa shape index (κ3) is 2.70. The Morgan fingerprint density at radius 1 is 1.17 bits per heavy atom. The van der Waals surface area contributed by atoms with Crippen LogP contribution in [0.4, 0.5) is 5.69 Å². The highest BCUT2D eigenvalue weighted by atomic mass is 35.5.